The summed E-state index contributed by atoms with van der Waals surface area (Å²) in [7, 11) is -1.18. The van der Waals surface area contributed by atoms with Gasteiger partial charge in [-0.05, 0) is 37.9 Å². The van der Waals surface area contributed by atoms with Crippen LogP contribution in [0.4, 0.5) is 0 Å². The average Bonchev–Trinajstić information content (AvgIpc) is 2.60. The van der Waals surface area contributed by atoms with Crippen molar-refractivity contribution in [1.29, 1.82) is 0 Å². The van der Waals surface area contributed by atoms with Gasteiger partial charge in [-0.2, -0.15) is 0 Å². The van der Waals surface area contributed by atoms with E-state index in [0.29, 0.717) is 19.6 Å². The second-order valence-corrected chi connectivity index (χ2v) is 8.61. The summed E-state index contributed by atoms with van der Waals surface area (Å²) in [5, 5.41) is 0. The summed E-state index contributed by atoms with van der Waals surface area (Å²) in [5.74, 6) is 0.419. The molecule has 2 rings (SSSR count). The second kappa shape index (κ2) is 8.78. The quantitative estimate of drug-likeness (QED) is 0.792. The topological polar surface area (TPSA) is 69.7 Å². The lowest BCUT2D eigenvalue weighted by atomic mass is 9.95. The average molecular weight is 368 g/mol. The van der Waals surface area contributed by atoms with E-state index in [-0.39, 0.29) is 17.9 Å². The Morgan fingerprint density at radius 1 is 1.28 bits per heavy atom. The van der Waals surface area contributed by atoms with E-state index in [4.69, 9.17) is 0 Å². The minimum atomic E-state index is -3.15. The Hall–Kier alpha value is -1.44. The predicted octanol–water partition coefficient (Wildman–Crippen LogP) is 1.47. The lowest BCUT2D eigenvalue weighted by molar-refractivity contribution is -0.138. The fraction of sp³-hybridized carbons (Fsp3) is 0.611. The number of carbonyl (C=O) groups excluding carboxylic acids is 1. The second-order valence-electron chi connectivity index (χ2n) is 6.78. The van der Waals surface area contributed by atoms with Crippen LogP contribution in [0.15, 0.2) is 30.3 Å². The molecule has 0 spiro atoms. The molecule has 1 saturated heterocycles. The molecule has 7 heteroatoms. The van der Waals surface area contributed by atoms with E-state index in [1.807, 2.05) is 49.2 Å². The van der Waals surface area contributed by atoms with E-state index < -0.39 is 10.0 Å². The first-order chi connectivity index (χ1) is 11.8. The molecule has 6 nitrogen and oxygen atoms in total. The van der Waals surface area contributed by atoms with Crippen molar-refractivity contribution >= 4 is 15.9 Å². The van der Waals surface area contributed by atoms with E-state index in [2.05, 4.69) is 9.62 Å². The number of rotatable bonds is 7. The van der Waals surface area contributed by atoms with Crippen LogP contribution in [0.3, 0.4) is 0 Å². The molecular formula is C18H29N3O3S. The van der Waals surface area contributed by atoms with Crippen molar-refractivity contribution < 1.29 is 13.2 Å². The molecule has 140 valence electrons. The maximum absolute atomic E-state index is 13.1. The van der Waals surface area contributed by atoms with Gasteiger partial charge in [-0.3, -0.25) is 9.69 Å². The van der Waals surface area contributed by atoms with Crippen molar-refractivity contribution in [2.75, 3.05) is 39.5 Å². The van der Waals surface area contributed by atoms with Gasteiger partial charge < -0.3 is 4.90 Å². The number of piperidine rings is 1. The van der Waals surface area contributed by atoms with Crippen LogP contribution in [0.25, 0.3) is 0 Å². The van der Waals surface area contributed by atoms with E-state index in [1.165, 1.54) is 6.26 Å². The van der Waals surface area contributed by atoms with E-state index in [0.717, 1.165) is 24.9 Å². The lowest BCUT2D eigenvalue weighted by Gasteiger charge is -2.36. The molecule has 0 radical (unpaired) electrons. The summed E-state index contributed by atoms with van der Waals surface area (Å²) in [6.07, 6.45) is 2.83. The normalized spacial score (nSPS) is 17.7. The van der Waals surface area contributed by atoms with Crippen LogP contribution in [0.1, 0.15) is 31.4 Å². The molecular weight excluding hydrogens is 338 g/mol. The minimum Gasteiger partial charge on any atom is -0.341 e. The van der Waals surface area contributed by atoms with Gasteiger partial charge in [0.2, 0.25) is 15.9 Å². The van der Waals surface area contributed by atoms with Crippen LogP contribution < -0.4 is 4.72 Å². The highest BCUT2D eigenvalue weighted by atomic mass is 32.2. The highest BCUT2D eigenvalue weighted by Crippen LogP contribution is 2.25. The number of nitrogens with zero attached hydrogens (tertiary/aromatic N) is 2. The van der Waals surface area contributed by atoms with E-state index in [1.54, 1.807) is 0 Å². The van der Waals surface area contributed by atoms with Crippen LogP contribution in [0, 0.1) is 5.92 Å². The number of amides is 1. The Labute approximate surface area is 151 Å². The van der Waals surface area contributed by atoms with E-state index >= 15 is 0 Å². The van der Waals surface area contributed by atoms with Gasteiger partial charge in [0.25, 0.3) is 0 Å². The smallest absolute Gasteiger partial charge is 0.244 e. The molecule has 0 aliphatic carbocycles. The Balaban J connectivity index is 1.99. The van der Waals surface area contributed by atoms with Gasteiger partial charge in [0.05, 0.1) is 6.26 Å². The van der Waals surface area contributed by atoms with Gasteiger partial charge in [0.1, 0.15) is 6.04 Å². The van der Waals surface area contributed by atoms with Crippen LogP contribution in [-0.4, -0.2) is 63.6 Å². The molecule has 1 fully saturated rings. The largest absolute Gasteiger partial charge is 0.341 e. The third kappa shape index (κ3) is 5.80. The van der Waals surface area contributed by atoms with Crippen molar-refractivity contribution in [3.05, 3.63) is 35.9 Å². The third-order valence-electron chi connectivity index (χ3n) is 4.85. The molecule has 1 aliphatic heterocycles. The molecule has 1 atom stereocenters. The van der Waals surface area contributed by atoms with Gasteiger partial charge in [-0.1, -0.05) is 37.3 Å². The summed E-state index contributed by atoms with van der Waals surface area (Å²) in [4.78, 5) is 17.1. The van der Waals surface area contributed by atoms with Crippen LogP contribution in [-0.2, 0) is 14.8 Å². The van der Waals surface area contributed by atoms with Crippen molar-refractivity contribution in [3.8, 4) is 0 Å². The Kier molecular flexibility index (Phi) is 6.98. The number of likely N-dealkylation sites (tertiary alicyclic amines) is 1. The van der Waals surface area contributed by atoms with Gasteiger partial charge >= 0.3 is 0 Å². The number of hydrogen-bond acceptors (Lipinski definition) is 4. The summed E-state index contributed by atoms with van der Waals surface area (Å²) in [6.45, 7) is 4.65. The van der Waals surface area contributed by atoms with Crippen LogP contribution >= 0.6 is 0 Å². The summed E-state index contributed by atoms with van der Waals surface area (Å²) < 4.78 is 25.0. The first kappa shape index (κ1) is 19.9. The monoisotopic (exact) mass is 367 g/mol. The van der Waals surface area contributed by atoms with Gasteiger partial charge in [0, 0.05) is 19.6 Å². The minimum absolute atomic E-state index is 0.130. The maximum Gasteiger partial charge on any atom is 0.244 e. The molecule has 0 bridgehead atoms. The maximum atomic E-state index is 13.1. The lowest BCUT2D eigenvalue weighted by Crippen LogP contribution is -2.46. The van der Waals surface area contributed by atoms with Crippen molar-refractivity contribution in [3.63, 3.8) is 0 Å². The summed E-state index contributed by atoms with van der Waals surface area (Å²) in [6, 6.07) is 9.60. The standard InChI is InChI=1S/C18H29N3O3S/c1-4-20(2)17(16-8-6-5-7-9-16)18(22)21-12-10-15(11-13-21)14-19-25(3,23)24/h5-9,15,17,19H,4,10-14H2,1-3H3. The third-order valence-corrected chi connectivity index (χ3v) is 5.54. The molecule has 1 aliphatic rings. The number of nitrogens with one attached hydrogen (secondary N) is 1. The van der Waals surface area contributed by atoms with Gasteiger partial charge in [0.15, 0.2) is 0 Å². The summed E-state index contributed by atoms with van der Waals surface area (Å²) in [5.41, 5.74) is 1.01. The van der Waals surface area contributed by atoms with Crippen LogP contribution in [0.5, 0.6) is 0 Å². The molecule has 1 N–H and O–H groups in total. The molecule has 1 amide bonds. The van der Waals surface area contributed by atoms with Gasteiger partial charge in [-0.25, -0.2) is 13.1 Å². The van der Waals surface area contributed by atoms with E-state index in [9.17, 15) is 13.2 Å². The zero-order valence-electron chi connectivity index (χ0n) is 15.3. The first-order valence-electron chi connectivity index (χ1n) is 8.80. The number of benzene rings is 1. The number of sulfonamides is 1. The summed E-state index contributed by atoms with van der Waals surface area (Å²) >= 11 is 0. The van der Waals surface area contributed by atoms with Crippen molar-refractivity contribution in [2.45, 2.75) is 25.8 Å². The molecule has 25 heavy (non-hydrogen) atoms. The first-order valence-corrected chi connectivity index (χ1v) is 10.7. The Bertz CT molecular complexity index is 655. The fourth-order valence-corrected chi connectivity index (χ4v) is 3.74. The van der Waals surface area contributed by atoms with Crippen LogP contribution in [0.2, 0.25) is 0 Å². The molecule has 0 saturated carbocycles. The molecule has 1 aromatic rings. The van der Waals surface area contributed by atoms with Crippen molar-refractivity contribution in [1.82, 2.24) is 14.5 Å². The number of carbonyl (C=O) groups is 1. The zero-order chi connectivity index (χ0) is 18.4. The molecule has 1 aromatic carbocycles. The molecule has 1 heterocycles. The van der Waals surface area contributed by atoms with Crippen molar-refractivity contribution in [2.24, 2.45) is 5.92 Å². The Morgan fingerprint density at radius 3 is 2.40 bits per heavy atom. The number of hydrogen-bond donors (Lipinski definition) is 1. The van der Waals surface area contributed by atoms with Gasteiger partial charge in [-0.15, -0.1) is 0 Å². The highest BCUT2D eigenvalue weighted by molar-refractivity contribution is 7.88. The predicted molar refractivity (Wildman–Crippen MR) is 99.6 cm³/mol. The zero-order valence-corrected chi connectivity index (χ0v) is 16.1. The Morgan fingerprint density at radius 2 is 1.88 bits per heavy atom. The molecule has 0 aromatic heterocycles. The molecule has 1 unspecified atom stereocenters. The highest BCUT2D eigenvalue weighted by Gasteiger charge is 2.31. The fourth-order valence-electron chi connectivity index (χ4n) is 3.20. The number of likely N-dealkylation sites (N-methyl/N-ethyl adjacent to an activating group) is 1. The SMILES string of the molecule is CCN(C)C(C(=O)N1CCC(CNS(C)(=O)=O)CC1)c1ccccc1.